The van der Waals surface area contributed by atoms with Crippen LogP contribution in [0.3, 0.4) is 0 Å². The number of hydrogen-bond donors (Lipinski definition) is 3. The minimum absolute atomic E-state index is 0.670. The zero-order chi connectivity index (χ0) is 13.1. The van der Waals surface area contributed by atoms with Crippen molar-refractivity contribution in [2.45, 2.75) is 25.7 Å². The number of nitrogens with zero attached hydrogens (tertiary/aromatic N) is 2. The highest BCUT2D eigenvalue weighted by atomic mass is 16.5. The number of rotatable bonds is 7. The first-order valence-corrected chi connectivity index (χ1v) is 6.83. The smallest absolute Gasteiger partial charge is 0.205 e. The summed E-state index contributed by atoms with van der Waals surface area (Å²) in [6, 6.07) is 0. The van der Waals surface area contributed by atoms with Crippen molar-refractivity contribution < 1.29 is 4.74 Å². The molecule has 1 fully saturated rings. The second-order valence-corrected chi connectivity index (χ2v) is 4.55. The van der Waals surface area contributed by atoms with Gasteiger partial charge in [-0.15, -0.1) is 0 Å². The average molecular weight is 257 g/mol. The van der Waals surface area contributed by atoms with Crippen LogP contribution in [-0.4, -0.2) is 57.3 Å². The molecule has 1 saturated heterocycles. The Kier molecular flexibility index (Phi) is 8.54. The summed E-state index contributed by atoms with van der Waals surface area (Å²) in [7, 11) is 1.70. The monoisotopic (exact) mass is 257 g/mol. The fraction of sp³-hybridized carbons (Fsp3) is 0.917. The summed E-state index contributed by atoms with van der Waals surface area (Å²) in [5.41, 5.74) is 2.60. The number of nitrogens with one attached hydrogen (secondary N) is 2. The maximum atomic E-state index is 5.42. The molecule has 1 rings (SSSR count). The Bertz CT molecular complexity index is 229. The predicted molar refractivity (Wildman–Crippen MR) is 74.4 cm³/mol. The number of hydrazine groups is 1. The number of piperidine rings is 1. The predicted octanol–water partition coefficient (Wildman–Crippen LogP) is -0.0823. The van der Waals surface area contributed by atoms with Crippen molar-refractivity contribution in [1.82, 2.24) is 15.6 Å². The number of ether oxygens (including phenoxy) is 1. The topological polar surface area (TPSA) is 74.9 Å². The van der Waals surface area contributed by atoms with Gasteiger partial charge in [-0.1, -0.05) is 6.42 Å². The highest BCUT2D eigenvalue weighted by Gasteiger charge is 2.09. The molecule has 0 bridgehead atoms. The Morgan fingerprint density at radius 2 is 2.11 bits per heavy atom. The highest BCUT2D eigenvalue weighted by molar-refractivity contribution is 5.79. The molecule has 1 aliphatic heterocycles. The molecule has 0 unspecified atom stereocenters. The molecule has 0 spiro atoms. The third-order valence-electron chi connectivity index (χ3n) is 3.08. The van der Waals surface area contributed by atoms with Gasteiger partial charge in [0.1, 0.15) is 0 Å². The first kappa shape index (κ1) is 15.2. The minimum Gasteiger partial charge on any atom is -0.385 e. The van der Waals surface area contributed by atoms with Gasteiger partial charge in [0, 0.05) is 33.4 Å². The number of likely N-dealkylation sites (tertiary alicyclic amines) is 1. The third kappa shape index (κ3) is 6.78. The maximum absolute atomic E-state index is 5.42. The van der Waals surface area contributed by atoms with E-state index < -0.39 is 0 Å². The van der Waals surface area contributed by atoms with Gasteiger partial charge in [-0.2, -0.15) is 0 Å². The van der Waals surface area contributed by atoms with Gasteiger partial charge in [0.25, 0.3) is 0 Å². The van der Waals surface area contributed by atoms with Crippen LogP contribution in [0.4, 0.5) is 0 Å². The van der Waals surface area contributed by atoms with E-state index in [-0.39, 0.29) is 0 Å². The van der Waals surface area contributed by atoms with Crippen LogP contribution in [0.1, 0.15) is 25.7 Å². The van der Waals surface area contributed by atoms with Crippen LogP contribution in [0.15, 0.2) is 4.99 Å². The van der Waals surface area contributed by atoms with Crippen molar-refractivity contribution in [3.05, 3.63) is 0 Å². The van der Waals surface area contributed by atoms with Crippen LogP contribution >= 0.6 is 0 Å². The minimum atomic E-state index is 0.670. The SMILES string of the molecule is COCCCN=C(NN)NCCN1CCCCC1. The standard InChI is InChI=1S/C12H27N5O/c1-18-11-5-6-14-12(16-13)15-7-10-17-8-3-2-4-9-17/h2-11,13H2,1H3,(H2,14,15,16). The first-order chi connectivity index (χ1) is 8.86. The lowest BCUT2D eigenvalue weighted by Gasteiger charge is -2.26. The van der Waals surface area contributed by atoms with Crippen LogP contribution in [0.5, 0.6) is 0 Å². The molecule has 4 N–H and O–H groups in total. The quantitative estimate of drug-likeness (QED) is 0.195. The summed E-state index contributed by atoms with van der Waals surface area (Å²) >= 11 is 0. The van der Waals surface area contributed by atoms with Crippen molar-refractivity contribution in [1.29, 1.82) is 0 Å². The van der Waals surface area contributed by atoms with E-state index in [9.17, 15) is 0 Å². The lowest BCUT2D eigenvalue weighted by atomic mass is 10.1. The normalized spacial score (nSPS) is 17.8. The van der Waals surface area contributed by atoms with Crippen LogP contribution in [-0.2, 0) is 4.74 Å². The molecular formula is C12H27N5O. The lowest BCUT2D eigenvalue weighted by Crippen LogP contribution is -2.45. The Morgan fingerprint density at radius 1 is 1.33 bits per heavy atom. The molecule has 1 aliphatic rings. The van der Waals surface area contributed by atoms with Crippen LogP contribution in [0, 0.1) is 0 Å². The van der Waals surface area contributed by atoms with E-state index in [1.165, 1.54) is 32.4 Å². The van der Waals surface area contributed by atoms with Crippen LogP contribution in [0.25, 0.3) is 0 Å². The van der Waals surface area contributed by atoms with Crippen LogP contribution in [0.2, 0.25) is 0 Å². The molecule has 0 aromatic heterocycles. The zero-order valence-electron chi connectivity index (χ0n) is 11.5. The largest absolute Gasteiger partial charge is 0.385 e. The second kappa shape index (κ2) is 10.1. The van der Waals surface area contributed by atoms with E-state index in [4.69, 9.17) is 10.6 Å². The molecule has 0 atom stereocenters. The van der Waals surface area contributed by atoms with Gasteiger partial charge >= 0.3 is 0 Å². The van der Waals surface area contributed by atoms with Gasteiger partial charge < -0.3 is 15.0 Å². The summed E-state index contributed by atoms with van der Waals surface area (Å²) in [5, 5.41) is 3.23. The fourth-order valence-corrected chi connectivity index (χ4v) is 2.07. The Morgan fingerprint density at radius 3 is 2.78 bits per heavy atom. The molecule has 0 amide bonds. The van der Waals surface area contributed by atoms with Gasteiger partial charge in [0.2, 0.25) is 5.96 Å². The molecule has 6 nitrogen and oxygen atoms in total. The van der Waals surface area contributed by atoms with E-state index in [1.807, 2.05) is 0 Å². The van der Waals surface area contributed by atoms with Crippen molar-refractivity contribution >= 4 is 5.96 Å². The van der Waals surface area contributed by atoms with Crippen LogP contribution < -0.4 is 16.6 Å². The maximum Gasteiger partial charge on any atom is 0.205 e. The highest BCUT2D eigenvalue weighted by Crippen LogP contribution is 2.07. The molecule has 0 aromatic rings. The van der Waals surface area contributed by atoms with Gasteiger partial charge in [0.15, 0.2) is 0 Å². The van der Waals surface area contributed by atoms with E-state index in [2.05, 4.69) is 20.6 Å². The van der Waals surface area contributed by atoms with Gasteiger partial charge in [-0.3, -0.25) is 10.4 Å². The molecule has 0 saturated carbocycles. The lowest BCUT2D eigenvalue weighted by molar-refractivity contribution is 0.197. The number of nitrogens with two attached hydrogens (primary N) is 1. The summed E-state index contributed by atoms with van der Waals surface area (Å²) in [4.78, 5) is 6.81. The molecule has 18 heavy (non-hydrogen) atoms. The van der Waals surface area contributed by atoms with E-state index >= 15 is 0 Å². The van der Waals surface area contributed by atoms with E-state index in [1.54, 1.807) is 7.11 Å². The molecule has 6 heteroatoms. The second-order valence-electron chi connectivity index (χ2n) is 4.55. The van der Waals surface area contributed by atoms with E-state index in [0.29, 0.717) is 5.96 Å². The Balaban J connectivity index is 2.09. The molecular weight excluding hydrogens is 230 g/mol. The number of methoxy groups -OCH3 is 1. The average Bonchev–Trinajstić information content (AvgIpc) is 2.42. The van der Waals surface area contributed by atoms with Crippen molar-refractivity contribution in [2.75, 3.05) is 46.4 Å². The third-order valence-corrected chi connectivity index (χ3v) is 3.08. The number of hydrogen-bond acceptors (Lipinski definition) is 4. The molecule has 106 valence electrons. The Labute approximate surface area is 110 Å². The molecule has 0 aliphatic carbocycles. The van der Waals surface area contributed by atoms with Gasteiger partial charge in [0.05, 0.1) is 0 Å². The summed E-state index contributed by atoms with van der Waals surface area (Å²) in [5.74, 6) is 6.09. The summed E-state index contributed by atoms with van der Waals surface area (Å²) < 4.78 is 4.97. The summed E-state index contributed by atoms with van der Waals surface area (Å²) in [6.45, 7) is 5.83. The van der Waals surface area contributed by atoms with Crippen molar-refractivity contribution in [2.24, 2.45) is 10.8 Å². The van der Waals surface area contributed by atoms with Gasteiger partial charge in [-0.25, -0.2) is 5.84 Å². The van der Waals surface area contributed by atoms with Crippen molar-refractivity contribution in [3.63, 3.8) is 0 Å². The molecule has 0 aromatic carbocycles. The van der Waals surface area contributed by atoms with Gasteiger partial charge in [-0.05, 0) is 32.4 Å². The molecule has 0 radical (unpaired) electrons. The number of aliphatic imine (C=N–C) groups is 1. The fourth-order valence-electron chi connectivity index (χ4n) is 2.07. The zero-order valence-corrected chi connectivity index (χ0v) is 11.5. The van der Waals surface area contributed by atoms with E-state index in [0.717, 1.165) is 32.7 Å². The first-order valence-electron chi connectivity index (χ1n) is 6.83. The molecule has 1 heterocycles. The Hall–Kier alpha value is -0.850. The van der Waals surface area contributed by atoms with Crippen molar-refractivity contribution in [3.8, 4) is 0 Å². The summed E-state index contributed by atoms with van der Waals surface area (Å²) in [6.07, 6.45) is 4.94. The number of guanidine groups is 1.